The third-order valence-electron chi connectivity index (χ3n) is 4.77. The molecule has 0 aliphatic carbocycles. The molecule has 1 heterocycles. The molecule has 0 saturated carbocycles. The minimum Gasteiger partial charge on any atom is -0.457 e. The van der Waals surface area contributed by atoms with Crippen LogP contribution in [-0.2, 0) is 14.6 Å². The van der Waals surface area contributed by atoms with E-state index in [-0.39, 0.29) is 23.1 Å². The Morgan fingerprint density at radius 1 is 1.04 bits per heavy atom. The molecular formula is C19H23ClN2O5S. The van der Waals surface area contributed by atoms with Gasteiger partial charge in [-0.2, -0.15) is 0 Å². The molecule has 0 radical (unpaired) electrons. The van der Waals surface area contributed by atoms with E-state index >= 15 is 0 Å². The van der Waals surface area contributed by atoms with E-state index in [1.807, 2.05) is 18.2 Å². The van der Waals surface area contributed by atoms with Crippen molar-refractivity contribution in [2.75, 3.05) is 18.8 Å². The molecule has 1 saturated heterocycles. The Morgan fingerprint density at radius 2 is 1.61 bits per heavy atom. The van der Waals surface area contributed by atoms with Crippen LogP contribution < -0.4 is 15.5 Å². The number of halogens is 1. The summed E-state index contributed by atoms with van der Waals surface area (Å²) in [5.74, 6) is 0.162. The zero-order chi connectivity index (χ0) is 19.3. The summed E-state index contributed by atoms with van der Waals surface area (Å²) in [6, 6.07) is 15.3. The van der Waals surface area contributed by atoms with E-state index in [0.29, 0.717) is 37.4 Å². The van der Waals surface area contributed by atoms with Crippen molar-refractivity contribution >= 4 is 28.2 Å². The number of carbonyl (C=O) groups excluding carboxylic acids is 1. The van der Waals surface area contributed by atoms with Crippen molar-refractivity contribution in [3.05, 3.63) is 54.6 Å². The second kappa shape index (κ2) is 9.38. The van der Waals surface area contributed by atoms with Crippen molar-refractivity contribution in [1.29, 1.82) is 0 Å². The maximum atomic E-state index is 12.9. The highest BCUT2D eigenvalue weighted by atomic mass is 35.5. The summed E-state index contributed by atoms with van der Waals surface area (Å²) in [7, 11) is -3.72. The minimum atomic E-state index is -3.72. The van der Waals surface area contributed by atoms with E-state index in [0.717, 1.165) is 0 Å². The average Bonchev–Trinajstić information content (AvgIpc) is 2.69. The van der Waals surface area contributed by atoms with Crippen molar-refractivity contribution in [2.24, 2.45) is 5.41 Å². The van der Waals surface area contributed by atoms with E-state index in [4.69, 9.17) is 9.94 Å². The van der Waals surface area contributed by atoms with Crippen molar-refractivity contribution in [3.8, 4) is 11.5 Å². The molecule has 1 amide bonds. The molecule has 9 heteroatoms. The van der Waals surface area contributed by atoms with Crippen LogP contribution >= 0.6 is 12.4 Å². The average molecular weight is 427 g/mol. The number of hydrogen-bond acceptors (Lipinski definition) is 6. The zero-order valence-corrected chi connectivity index (χ0v) is 16.8. The number of sulfone groups is 1. The quantitative estimate of drug-likeness (QED) is 0.484. The Balaban J connectivity index is 0.00000280. The fourth-order valence-corrected chi connectivity index (χ4v) is 5.11. The minimum absolute atomic E-state index is 0. The lowest BCUT2D eigenvalue weighted by Crippen LogP contribution is -2.50. The third kappa shape index (κ3) is 5.02. The number of piperidine rings is 1. The van der Waals surface area contributed by atoms with Gasteiger partial charge in [0.2, 0.25) is 0 Å². The van der Waals surface area contributed by atoms with Crippen LogP contribution in [0.2, 0.25) is 0 Å². The molecular weight excluding hydrogens is 404 g/mol. The van der Waals surface area contributed by atoms with Gasteiger partial charge in [-0.25, -0.2) is 13.9 Å². The zero-order valence-electron chi connectivity index (χ0n) is 15.1. The number of hydrogen-bond donors (Lipinski definition) is 3. The summed E-state index contributed by atoms with van der Waals surface area (Å²) in [5, 5.41) is 12.2. The van der Waals surface area contributed by atoms with Crippen LogP contribution in [0.1, 0.15) is 12.8 Å². The first-order valence-electron chi connectivity index (χ1n) is 8.66. The van der Waals surface area contributed by atoms with E-state index in [9.17, 15) is 13.2 Å². The summed E-state index contributed by atoms with van der Waals surface area (Å²) >= 11 is 0. The highest BCUT2D eigenvalue weighted by molar-refractivity contribution is 7.91. The Hall–Kier alpha value is -2.13. The lowest BCUT2D eigenvalue weighted by Gasteiger charge is -2.34. The summed E-state index contributed by atoms with van der Waals surface area (Å²) in [6.07, 6.45) is 0.682. The Bertz CT molecular complexity index is 882. The van der Waals surface area contributed by atoms with Gasteiger partial charge in [0.05, 0.1) is 16.1 Å². The number of benzene rings is 2. The van der Waals surface area contributed by atoms with Gasteiger partial charge < -0.3 is 10.1 Å². The lowest BCUT2D eigenvalue weighted by molar-refractivity contribution is -0.140. The van der Waals surface area contributed by atoms with Gasteiger partial charge in [0.15, 0.2) is 9.84 Å². The van der Waals surface area contributed by atoms with Gasteiger partial charge in [-0.1, -0.05) is 18.2 Å². The van der Waals surface area contributed by atoms with Gasteiger partial charge in [-0.05, 0) is 62.3 Å². The second-order valence-corrected chi connectivity index (χ2v) is 8.61. The first-order valence-corrected chi connectivity index (χ1v) is 10.3. The van der Waals surface area contributed by atoms with Crippen LogP contribution in [0, 0.1) is 5.41 Å². The van der Waals surface area contributed by atoms with Gasteiger partial charge in [-0.15, -0.1) is 12.4 Å². The molecule has 0 aromatic heterocycles. The molecule has 2 aromatic carbocycles. The molecule has 3 rings (SSSR count). The van der Waals surface area contributed by atoms with E-state index in [1.165, 1.54) is 12.1 Å². The number of rotatable bonds is 6. The topological polar surface area (TPSA) is 105 Å². The van der Waals surface area contributed by atoms with Gasteiger partial charge in [0.1, 0.15) is 11.5 Å². The summed E-state index contributed by atoms with van der Waals surface area (Å²) < 4.78 is 31.4. The fraction of sp³-hybridized carbons (Fsp3) is 0.316. The molecule has 152 valence electrons. The third-order valence-corrected chi connectivity index (χ3v) is 6.69. The van der Waals surface area contributed by atoms with Crippen LogP contribution in [0.25, 0.3) is 0 Å². The van der Waals surface area contributed by atoms with Gasteiger partial charge in [-0.3, -0.25) is 10.0 Å². The smallest absolute Gasteiger partial charge is 0.250 e. The molecule has 0 atom stereocenters. The number of nitrogens with one attached hydrogen (secondary N) is 2. The molecule has 1 aliphatic rings. The van der Waals surface area contributed by atoms with Crippen LogP contribution in [0.5, 0.6) is 11.5 Å². The fourth-order valence-electron chi connectivity index (χ4n) is 3.25. The van der Waals surface area contributed by atoms with Crippen molar-refractivity contribution < 1.29 is 23.2 Å². The first-order chi connectivity index (χ1) is 13.0. The Morgan fingerprint density at radius 3 is 2.18 bits per heavy atom. The molecule has 2 aromatic rings. The normalized spacial score (nSPS) is 15.9. The molecule has 1 aliphatic heterocycles. The predicted octanol–water partition coefficient (Wildman–Crippen LogP) is 2.55. The number of para-hydroxylation sites is 1. The molecule has 7 nitrogen and oxygen atoms in total. The first kappa shape index (κ1) is 22.2. The van der Waals surface area contributed by atoms with Crippen molar-refractivity contribution in [1.82, 2.24) is 10.8 Å². The SMILES string of the molecule is Cl.O=C(NO)C1(CS(=O)(=O)c2ccc(Oc3ccccc3)cc2)CCNCC1. The number of amides is 1. The van der Waals surface area contributed by atoms with Crippen LogP contribution in [0.4, 0.5) is 0 Å². The van der Waals surface area contributed by atoms with Gasteiger partial charge >= 0.3 is 0 Å². The number of carbonyl (C=O) groups is 1. The Kier molecular flexibility index (Phi) is 7.42. The van der Waals surface area contributed by atoms with Crippen LogP contribution in [-0.4, -0.2) is 38.4 Å². The number of ether oxygens (including phenoxy) is 1. The van der Waals surface area contributed by atoms with Crippen LogP contribution in [0.15, 0.2) is 59.5 Å². The highest BCUT2D eigenvalue weighted by Gasteiger charge is 2.43. The van der Waals surface area contributed by atoms with Crippen molar-refractivity contribution in [3.63, 3.8) is 0 Å². The van der Waals surface area contributed by atoms with Gasteiger partial charge in [0, 0.05) is 0 Å². The molecule has 1 fully saturated rings. The molecule has 0 unspecified atom stereocenters. The standard InChI is InChI=1S/C19H22N2O5S.ClH/c22-18(21-23)19(10-12-20-13-11-19)14-27(24,25)17-8-6-16(7-9-17)26-15-4-2-1-3-5-15;/h1-9,20,23H,10-14H2,(H,21,22);1H. The van der Waals surface area contributed by atoms with E-state index < -0.39 is 21.2 Å². The van der Waals surface area contributed by atoms with Gasteiger partial charge in [0.25, 0.3) is 5.91 Å². The second-order valence-electron chi connectivity index (χ2n) is 6.62. The highest BCUT2D eigenvalue weighted by Crippen LogP contribution is 2.33. The van der Waals surface area contributed by atoms with E-state index in [2.05, 4.69) is 5.32 Å². The molecule has 28 heavy (non-hydrogen) atoms. The molecule has 0 spiro atoms. The van der Waals surface area contributed by atoms with Crippen molar-refractivity contribution in [2.45, 2.75) is 17.7 Å². The molecule has 0 bridgehead atoms. The monoisotopic (exact) mass is 426 g/mol. The van der Waals surface area contributed by atoms with Crippen LogP contribution in [0.3, 0.4) is 0 Å². The maximum Gasteiger partial charge on any atom is 0.250 e. The predicted molar refractivity (Wildman–Crippen MR) is 107 cm³/mol. The lowest BCUT2D eigenvalue weighted by atomic mass is 9.80. The largest absolute Gasteiger partial charge is 0.457 e. The van der Waals surface area contributed by atoms with E-state index in [1.54, 1.807) is 29.7 Å². The Labute approximate surface area is 170 Å². The molecule has 3 N–H and O–H groups in total. The summed E-state index contributed by atoms with van der Waals surface area (Å²) in [5.41, 5.74) is 0.494. The summed E-state index contributed by atoms with van der Waals surface area (Å²) in [6.45, 7) is 1.04. The summed E-state index contributed by atoms with van der Waals surface area (Å²) in [4.78, 5) is 12.3. The maximum absolute atomic E-state index is 12.9. The number of hydroxylamine groups is 1.